The molecule has 2 aromatic rings. The maximum Gasteiger partial charge on any atom is 0.133 e. The van der Waals surface area contributed by atoms with Crippen molar-refractivity contribution in [2.75, 3.05) is 6.54 Å². The first kappa shape index (κ1) is 16.2. The summed E-state index contributed by atoms with van der Waals surface area (Å²) in [6.45, 7) is 11.7. The Bertz CT molecular complexity index is 635. The van der Waals surface area contributed by atoms with Gasteiger partial charge in [-0.3, -0.25) is 5.10 Å². The molecule has 1 aliphatic heterocycles. The van der Waals surface area contributed by atoms with E-state index in [2.05, 4.69) is 58.0 Å². The van der Waals surface area contributed by atoms with E-state index in [1.165, 1.54) is 17.7 Å². The lowest BCUT2D eigenvalue weighted by Gasteiger charge is -2.25. The van der Waals surface area contributed by atoms with Crippen molar-refractivity contribution in [1.82, 2.24) is 30.3 Å². The zero-order chi connectivity index (χ0) is 16.4. The first-order valence-electron chi connectivity index (χ1n) is 8.63. The summed E-state index contributed by atoms with van der Waals surface area (Å²) in [6.07, 6.45) is 5.13. The van der Waals surface area contributed by atoms with E-state index in [9.17, 15) is 0 Å². The second kappa shape index (κ2) is 6.43. The second-order valence-corrected chi connectivity index (χ2v) is 7.55. The summed E-state index contributed by atoms with van der Waals surface area (Å²) in [5.74, 6) is 2.92. The fourth-order valence-corrected chi connectivity index (χ4v) is 3.38. The molecule has 0 aliphatic carbocycles. The molecule has 3 rings (SSSR count). The number of hydrogen-bond donors (Lipinski definition) is 2. The fourth-order valence-electron chi connectivity index (χ4n) is 3.38. The van der Waals surface area contributed by atoms with Crippen LogP contribution in [0.4, 0.5) is 0 Å². The molecule has 0 spiro atoms. The van der Waals surface area contributed by atoms with Gasteiger partial charge in [-0.2, -0.15) is 5.10 Å². The third-order valence-electron chi connectivity index (χ3n) is 4.65. The molecule has 1 atom stereocenters. The zero-order valence-corrected chi connectivity index (χ0v) is 14.7. The third kappa shape index (κ3) is 3.47. The van der Waals surface area contributed by atoms with Crippen molar-refractivity contribution in [2.45, 2.75) is 65.5 Å². The van der Waals surface area contributed by atoms with Gasteiger partial charge in [0.25, 0.3) is 0 Å². The SMILES string of the molecule is CCc1nnc2n1C[C@H](CNCc1cn[nH]c1C(C)(C)C)CC2. The third-order valence-corrected chi connectivity index (χ3v) is 4.65. The highest BCUT2D eigenvalue weighted by Gasteiger charge is 2.23. The zero-order valence-electron chi connectivity index (χ0n) is 14.7. The summed E-state index contributed by atoms with van der Waals surface area (Å²) >= 11 is 0. The number of fused-ring (bicyclic) bond motifs is 1. The Morgan fingerprint density at radius 1 is 1.35 bits per heavy atom. The molecule has 6 heteroatoms. The smallest absolute Gasteiger partial charge is 0.133 e. The quantitative estimate of drug-likeness (QED) is 0.887. The number of aryl methyl sites for hydroxylation is 2. The van der Waals surface area contributed by atoms with Crippen LogP contribution in [0.5, 0.6) is 0 Å². The van der Waals surface area contributed by atoms with Crippen LogP contribution in [0, 0.1) is 5.92 Å². The Hall–Kier alpha value is -1.69. The van der Waals surface area contributed by atoms with Crippen molar-refractivity contribution in [3.63, 3.8) is 0 Å². The standard InChI is InChI=1S/C17H28N6/c1-5-14-20-21-15-7-6-12(11-23(14)15)8-18-9-13-10-19-22-16(13)17(2,3)4/h10,12,18H,5-9,11H2,1-4H3,(H,19,22)/t12-/m0/s1. The van der Waals surface area contributed by atoms with E-state index in [0.29, 0.717) is 5.92 Å². The van der Waals surface area contributed by atoms with Crippen molar-refractivity contribution < 1.29 is 0 Å². The van der Waals surface area contributed by atoms with Crippen molar-refractivity contribution in [2.24, 2.45) is 5.92 Å². The minimum absolute atomic E-state index is 0.103. The summed E-state index contributed by atoms with van der Waals surface area (Å²) in [7, 11) is 0. The minimum atomic E-state index is 0.103. The lowest BCUT2D eigenvalue weighted by molar-refractivity contribution is 0.342. The Labute approximate surface area is 138 Å². The number of nitrogens with one attached hydrogen (secondary N) is 2. The average Bonchev–Trinajstić information content (AvgIpc) is 3.12. The summed E-state index contributed by atoms with van der Waals surface area (Å²) < 4.78 is 2.31. The molecule has 0 saturated heterocycles. The minimum Gasteiger partial charge on any atom is -0.315 e. The number of rotatable bonds is 5. The number of H-pyrrole nitrogens is 1. The molecule has 2 N–H and O–H groups in total. The van der Waals surface area contributed by atoms with Crippen molar-refractivity contribution in [3.05, 3.63) is 29.1 Å². The van der Waals surface area contributed by atoms with Crippen LogP contribution in [0.1, 0.15) is 57.0 Å². The van der Waals surface area contributed by atoms with E-state index < -0.39 is 0 Å². The fraction of sp³-hybridized carbons (Fsp3) is 0.706. The topological polar surface area (TPSA) is 71.4 Å². The summed E-state index contributed by atoms with van der Waals surface area (Å²) in [4.78, 5) is 0. The molecule has 0 fully saturated rings. The van der Waals surface area contributed by atoms with Gasteiger partial charge >= 0.3 is 0 Å². The van der Waals surface area contributed by atoms with Gasteiger partial charge in [0.15, 0.2) is 0 Å². The van der Waals surface area contributed by atoms with Crippen molar-refractivity contribution in [3.8, 4) is 0 Å². The van der Waals surface area contributed by atoms with E-state index in [1.807, 2.05) is 6.20 Å². The molecule has 0 unspecified atom stereocenters. The van der Waals surface area contributed by atoms with Crippen LogP contribution in [-0.2, 0) is 31.3 Å². The molecule has 6 nitrogen and oxygen atoms in total. The summed E-state index contributed by atoms with van der Waals surface area (Å²) in [6, 6.07) is 0. The Kier molecular flexibility index (Phi) is 4.53. The van der Waals surface area contributed by atoms with Gasteiger partial charge in [0, 0.05) is 42.6 Å². The Morgan fingerprint density at radius 2 is 2.17 bits per heavy atom. The summed E-state index contributed by atoms with van der Waals surface area (Å²) in [5, 5.41) is 19.6. The van der Waals surface area contributed by atoms with Gasteiger partial charge < -0.3 is 9.88 Å². The van der Waals surface area contributed by atoms with E-state index >= 15 is 0 Å². The van der Waals surface area contributed by atoms with E-state index in [1.54, 1.807) is 0 Å². The number of aromatic nitrogens is 5. The van der Waals surface area contributed by atoms with Crippen molar-refractivity contribution in [1.29, 1.82) is 0 Å². The number of aromatic amines is 1. The molecule has 126 valence electrons. The molecule has 0 saturated carbocycles. The molecule has 0 aromatic carbocycles. The molecule has 1 aliphatic rings. The molecule has 2 aromatic heterocycles. The molecule has 0 bridgehead atoms. The first-order valence-corrected chi connectivity index (χ1v) is 8.63. The van der Waals surface area contributed by atoms with Gasteiger partial charge in [0.05, 0.1) is 6.20 Å². The second-order valence-electron chi connectivity index (χ2n) is 7.55. The molecular weight excluding hydrogens is 288 g/mol. The Balaban J connectivity index is 1.55. The van der Waals surface area contributed by atoms with E-state index in [-0.39, 0.29) is 5.41 Å². The number of hydrogen-bond acceptors (Lipinski definition) is 4. The van der Waals surface area contributed by atoms with Gasteiger partial charge in [0.1, 0.15) is 11.6 Å². The average molecular weight is 316 g/mol. The monoisotopic (exact) mass is 316 g/mol. The van der Waals surface area contributed by atoms with Crippen LogP contribution in [-0.4, -0.2) is 31.5 Å². The lowest BCUT2D eigenvalue weighted by Crippen LogP contribution is -2.31. The van der Waals surface area contributed by atoms with Gasteiger partial charge in [-0.25, -0.2) is 0 Å². The normalized spacial score (nSPS) is 18.2. The van der Waals surface area contributed by atoms with E-state index in [0.717, 1.165) is 44.1 Å². The Morgan fingerprint density at radius 3 is 2.91 bits per heavy atom. The van der Waals surface area contributed by atoms with Crippen LogP contribution in [0.25, 0.3) is 0 Å². The lowest BCUT2D eigenvalue weighted by atomic mass is 9.89. The molecule has 3 heterocycles. The molecule has 0 radical (unpaired) electrons. The maximum atomic E-state index is 4.30. The van der Waals surface area contributed by atoms with Gasteiger partial charge in [-0.1, -0.05) is 27.7 Å². The van der Waals surface area contributed by atoms with Gasteiger partial charge in [-0.05, 0) is 18.9 Å². The van der Waals surface area contributed by atoms with Gasteiger partial charge in [-0.15, -0.1) is 10.2 Å². The predicted molar refractivity (Wildman–Crippen MR) is 90.2 cm³/mol. The maximum absolute atomic E-state index is 4.30. The van der Waals surface area contributed by atoms with Gasteiger partial charge in [0.2, 0.25) is 0 Å². The van der Waals surface area contributed by atoms with Crippen LogP contribution in [0.2, 0.25) is 0 Å². The highest BCUT2D eigenvalue weighted by molar-refractivity contribution is 5.23. The summed E-state index contributed by atoms with van der Waals surface area (Å²) in [5.41, 5.74) is 2.60. The van der Waals surface area contributed by atoms with Crippen LogP contribution in [0.3, 0.4) is 0 Å². The van der Waals surface area contributed by atoms with E-state index in [4.69, 9.17) is 0 Å². The number of nitrogens with zero attached hydrogens (tertiary/aromatic N) is 4. The van der Waals surface area contributed by atoms with Crippen LogP contribution < -0.4 is 5.32 Å². The van der Waals surface area contributed by atoms with Crippen LogP contribution in [0.15, 0.2) is 6.20 Å². The largest absolute Gasteiger partial charge is 0.315 e. The molecule has 0 amide bonds. The highest BCUT2D eigenvalue weighted by Crippen LogP contribution is 2.24. The van der Waals surface area contributed by atoms with Crippen molar-refractivity contribution >= 4 is 0 Å². The molecule has 23 heavy (non-hydrogen) atoms. The highest BCUT2D eigenvalue weighted by atomic mass is 15.3. The molecular formula is C17H28N6. The van der Waals surface area contributed by atoms with Crippen LogP contribution >= 0.6 is 0 Å². The first-order chi connectivity index (χ1) is 11.0. The predicted octanol–water partition coefficient (Wildman–Crippen LogP) is 2.21.